The molecule has 2 rings (SSSR count). The Morgan fingerprint density at radius 2 is 1.79 bits per heavy atom. The summed E-state index contributed by atoms with van der Waals surface area (Å²) >= 11 is 0. The van der Waals surface area contributed by atoms with Crippen LogP contribution in [-0.2, 0) is 11.2 Å². The first-order valence-corrected chi connectivity index (χ1v) is 8.44. The molecule has 1 N–H and O–H groups in total. The van der Waals surface area contributed by atoms with Crippen molar-refractivity contribution in [3.63, 3.8) is 0 Å². The van der Waals surface area contributed by atoms with Gasteiger partial charge < -0.3 is 15.0 Å². The van der Waals surface area contributed by atoms with Crippen LogP contribution in [0.5, 0.6) is 5.75 Å². The van der Waals surface area contributed by atoms with Gasteiger partial charge in [-0.25, -0.2) is 0 Å². The second-order valence-corrected chi connectivity index (χ2v) is 5.62. The van der Waals surface area contributed by atoms with Crippen LogP contribution in [0.2, 0.25) is 0 Å². The van der Waals surface area contributed by atoms with Crippen LogP contribution in [0.1, 0.15) is 25.8 Å². The van der Waals surface area contributed by atoms with E-state index in [-0.39, 0.29) is 5.91 Å². The molecule has 0 atom stereocenters. The Labute approximate surface area is 144 Å². The second kappa shape index (κ2) is 8.96. The maximum Gasteiger partial charge on any atom is 0.224 e. The molecule has 24 heavy (non-hydrogen) atoms. The van der Waals surface area contributed by atoms with Gasteiger partial charge in [0.05, 0.1) is 7.11 Å². The summed E-state index contributed by atoms with van der Waals surface area (Å²) in [6, 6.07) is 15.8. The molecular weight excluding hydrogens is 300 g/mol. The summed E-state index contributed by atoms with van der Waals surface area (Å²) in [5.41, 5.74) is 3.11. The molecule has 2 aromatic rings. The maximum atomic E-state index is 12.1. The molecule has 0 aliphatic carbocycles. The Kier molecular flexibility index (Phi) is 6.67. The van der Waals surface area contributed by atoms with E-state index in [1.165, 1.54) is 5.69 Å². The van der Waals surface area contributed by atoms with Crippen molar-refractivity contribution in [1.82, 2.24) is 0 Å². The molecule has 0 unspecified atom stereocenters. The van der Waals surface area contributed by atoms with Gasteiger partial charge in [0.2, 0.25) is 5.91 Å². The Bertz CT molecular complexity index is 649. The van der Waals surface area contributed by atoms with Gasteiger partial charge in [0.15, 0.2) is 0 Å². The fourth-order valence-corrected chi connectivity index (χ4v) is 2.65. The van der Waals surface area contributed by atoms with Crippen LogP contribution in [0.15, 0.2) is 48.5 Å². The van der Waals surface area contributed by atoms with Crippen LogP contribution in [-0.4, -0.2) is 26.1 Å². The number of benzene rings is 2. The molecular formula is C20H26N2O2. The number of amides is 1. The number of methoxy groups -OCH3 is 1. The van der Waals surface area contributed by atoms with Gasteiger partial charge in [0, 0.05) is 30.9 Å². The first-order chi connectivity index (χ1) is 11.7. The molecule has 1 amide bonds. The van der Waals surface area contributed by atoms with E-state index in [1.54, 1.807) is 7.11 Å². The van der Waals surface area contributed by atoms with Crippen LogP contribution < -0.4 is 15.0 Å². The molecule has 128 valence electrons. The van der Waals surface area contributed by atoms with Crippen molar-refractivity contribution < 1.29 is 9.53 Å². The van der Waals surface area contributed by atoms with Gasteiger partial charge >= 0.3 is 0 Å². The van der Waals surface area contributed by atoms with Crippen LogP contribution in [0.4, 0.5) is 11.4 Å². The predicted molar refractivity (Wildman–Crippen MR) is 99.9 cm³/mol. The van der Waals surface area contributed by atoms with Crippen molar-refractivity contribution in [3.05, 3.63) is 54.1 Å². The molecule has 0 spiro atoms. The van der Waals surface area contributed by atoms with Gasteiger partial charge in [-0.15, -0.1) is 0 Å². The summed E-state index contributed by atoms with van der Waals surface area (Å²) in [5, 5.41) is 2.95. The number of aryl methyl sites for hydroxylation is 1. The average molecular weight is 326 g/mol. The van der Waals surface area contributed by atoms with Gasteiger partial charge in [-0.1, -0.05) is 12.1 Å². The highest BCUT2D eigenvalue weighted by molar-refractivity contribution is 5.91. The van der Waals surface area contributed by atoms with Crippen molar-refractivity contribution in [2.75, 3.05) is 30.4 Å². The van der Waals surface area contributed by atoms with Crippen LogP contribution in [0.25, 0.3) is 0 Å². The average Bonchev–Trinajstić information content (AvgIpc) is 2.62. The molecule has 0 aliphatic heterocycles. The predicted octanol–water partition coefficient (Wildman–Crippen LogP) is 4.11. The lowest BCUT2D eigenvalue weighted by atomic mass is 10.1. The monoisotopic (exact) mass is 326 g/mol. The minimum absolute atomic E-state index is 0.0217. The number of hydrogen-bond acceptors (Lipinski definition) is 3. The first kappa shape index (κ1) is 17.9. The van der Waals surface area contributed by atoms with E-state index in [2.05, 4.69) is 24.1 Å². The summed E-state index contributed by atoms with van der Waals surface area (Å²) in [7, 11) is 1.65. The molecule has 2 aromatic carbocycles. The van der Waals surface area contributed by atoms with Crippen LogP contribution in [0, 0.1) is 0 Å². The van der Waals surface area contributed by atoms with Crippen molar-refractivity contribution in [2.24, 2.45) is 0 Å². The third kappa shape index (κ3) is 5.01. The number of nitrogens with zero attached hydrogens (tertiary/aromatic N) is 1. The Balaban J connectivity index is 1.87. The van der Waals surface area contributed by atoms with E-state index in [9.17, 15) is 4.79 Å². The molecule has 4 heteroatoms. The largest absolute Gasteiger partial charge is 0.497 e. The van der Waals surface area contributed by atoms with Gasteiger partial charge in [-0.3, -0.25) is 4.79 Å². The lowest BCUT2D eigenvalue weighted by Crippen LogP contribution is -2.21. The van der Waals surface area contributed by atoms with Gasteiger partial charge in [-0.05, 0) is 62.2 Å². The molecule has 0 saturated heterocycles. The number of nitrogens with one attached hydrogen (secondary N) is 1. The quantitative estimate of drug-likeness (QED) is 0.793. The van der Waals surface area contributed by atoms with Gasteiger partial charge in [-0.2, -0.15) is 0 Å². The fraction of sp³-hybridized carbons (Fsp3) is 0.350. The topological polar surface area (TPSA) is 41.6 Å². The summed E-state index contributed by atoms with van der Waals surface area (Å²) in [6.07, 6.45) is 1.14. The van der Waals surface area contributed by atoms with E-state index in [0.29, 0.717) is 12.8 Å². The zero-order chi connectivity index (χ0) is 17.4. The minimum Gasteiger partial charge on any atom is -0.497 e. The Morgan fingerprint density at radius 1 is 1.08 bits per heavy atom. The van der Waals surface area contributed by atoms with E-state index >= 15 is 0 Å². The number of anilines is 2. The number of rotatable bonds is 8. The second-order valence-electron chi connectivity index (χ2n) is 5.62. The normalized spacial score (nSPS) is 10.3. The fourth-order valence-electron chi connectivity index (χ4n) is 2.65. The summed E-state index contributed by atoms with van der Waals surface area (Å²) in [6.45, 7) is 6.22. The standard InChI is InChI=1S/C20H26N2O2/c1-4-22(5-2)18-12-10-17(11-13-18)21-20(23)14-9-16-7-6-8-19(15-16)24-3/h6-8,10-13,15H,4-5,9,14H2,1-3H3,(H,21,23). The molecule has 0 aromatic heterocycles. The summed E-state index contributed by atoms with van der Waals surface area (Å²) in [4.78, 5) is 14.4. The van der Waals surface area contributed by atoms with Crippen molar-refractivity contribution in [1.29, 1.82) is 0 Å². The highest BCUT2D eigenvalue weighted by Crippen LogP contribution is 2.18. The first-order valence-electron chi connectivity index (χ1n) is 8.44. The molecule has 4 nitrogen and oxygen atoms in total. The third-order valence-corrected chi connectivity index (χ3v) is 4.05. The lowest BCUT2D eigenvalue weighted by Gasteiger charge is -2.21. The summed E-state index contributed by atoms with van der Waals surface area (Å²) < 4.78 is 5.20. The Morgan fingerprint density at radius 3 is 2.42 bits per heavy atom. The third-order valence-electron chi connectivity index (χ3n) is 4.05. The Hall–Kier alpha value is -2.49. The van der Waals surface area contributed by atoms with Gasteiger partial charge in [0.1, 0.15) is 5.75 Å². The van der Waals surface area contributed by atoms with Gasteiger partial charge in [0.25, 0.3) is 0 Å². The van der Waals surface area contributed by atoms with E-state index in [4.69, 9.17) is 4.74 Å². The van der Waals surface area contributed by atoms with Crippen molar-refractivity contribution >= 4 is 17.3 Å². The zero-order valence-electron chi connectivity index (χ0n) is 14.7. The lowest BCUT2D eigenvalue weighted by molar-refractivity contribution is -0.116. The summed E-state index contributed by atoms with van der Waals surface area (Å²) in [5.74, 6) is 0.841. The molecule has 0 radical (unpaired) electrons. The number of carbonyl (C=O) groups is 1. The molecule has 0 fully saturated rings. The molecule has 0 bridgehead atoms. The SMILES string of the molecule is CCN(CC)c1ccc(NC(=O)CCc2cccc(OC)c2)cc1. The molecule has 0 aliphatic rings. The minimum atomic E-state index is 0.0217. The number of ether oxygens (including phenoxy) is 1. The van der Waals surface area contributed by atoms with Crippen molar-refractivity contribution in [3.8, 4) is 5.75 Å². The smallest absolute Gasteiger partial charge is 0.224 e. The van der Waals surface area contributed by atoms with Crippen LogP contribution in [0.3, 0.4) is 0 Å². The number of carbonyl (C=O) groups excluding carboxylic acids is 1. The maximum absolute atomic E-state index is 12.1. The highest BCUT2D eigenvalue weighted by atomic mass is 16.5. The van der Waals surface area contributed by atoms with Crippen molar-refractivity contribution in [2.45, 2.75) is 26.7 Å². The highest BCUT2D eigenvalue weighted by Gasteiger charge is 2.06. The zero-order valence-corrected chi connectivity index (χ0v) is 14.7. The molecule has 0 saturated carbocycles. The molecule has 0 heterocycles. The number of hydrogen-bond donors (Lipinski definition) is 1. The van der Waals surface area contributed by atoms with E-state index in [1.807, 2.05) is 48.5 Å². The van der Waals surface area contributed by atoms with Crippen LogP contribution >= 0.6 is 0 Å². The van der Waals surface area contributed by atoms with E-state index in [0.717, 1.165) is 30.1 Å². The van der Waals surface area contributed by atoms with E-state index < -0.39 is 0 Å².